The molecule has 1 aromatic carbocycles. The number of rotatable bonds is 1. The van der Waals surface area contributed by atoms with Crippen molar-refractivity contribution < 1.29 is 0 Å². The van der Waals surface area contributed by atoms with Gasteiger partial charge in [0.1, 0.15) is 0 Å². The number of fused-ring (bicyclic) bond motifs is 1. The van der Waals surface area contributed by atoms with Gasteiger partial charge in [-0.15, -0.1) is 0 Å². The lowest BCUT2D eigenvalue weighted by Crippen LogP contribution is -2.17. The zero-order chi connectivity index (χ0) is 13.1. The Bertz CT molecular complexity index is 462. The van der Waals surface area contributed by atoms with Gasteiger partial charge >= 0.3 is 0 Å². The van der Waals surface area contributed by atoms with E-state index < -0.39 is 0 Å². The topological polar surface area (TPSA) is 0 Å². The molecule has 1 aliphatic heterocycles. The highest BCUT2D eigenvalue weighted by molar-refractivity contribution is 7.53. The van der Waals surface area contributed by atoms with Gasteiger partial charge in [-0.2, -0.15) is 0 Å². The first kappa shape index (κ1) is 13.4. The van der Waals surface area contributed by atoms with E-state index in [0.717, 1.165) is 0 Å². The molecular weight excluding hydrogens is 247 g/mol. The smallest absolute Gasteiger partial charge is 0.00639 e. The van der Waals surface area contributed by atoms with Gasteiger partial charge in [0.25, 0.3) is 0 Å². The molecule has 0 nitrogen and oxygen atoms in total. The van der Waals surface area contributed by atoms with Crippen LogP contribution < -0.4 is 5.30 Å². The second kappa shape index (κ2) is 5.80. The van der Waals surface area contributed by atoms with E-state index in [-0.39, 0.29) is 0 Å². The minimum atomic E-state index is 0.449. The van der Waals surface area contributed by atoms with E-state index in [1.54, 1.807) is 5.31 Å². The Hall–Kier alpha value is -0.610. The molecule has 0 aromatic heterocycles. The van der Waals surface area contributed by atoms with Crippen LogP contribution in [0, 0.1) is 5.41 Å². The number of allylic oxidation sites excluding steroid dienone is 1. The van der Waals surface area contributed by atoms with E-state index in [9.17, 15) is 0 Å². The predicted octanol–water partition coefficient (Wildman–Crippen LogP) is 5.75. The van der Waals surface area contributed by atoms with E-state index >= 15 is 0 Å². The van der Waals surface area contributed by atoms with Crippen LogP contribution in [0.2, 0.25) is 0 Å². The van der Waals surface area contributed by atoms with E-state index in [0.29, 0.717) is 5.41 Å². The summed E-state index contributed by atoms with van der Waals surface area (Å²) in [5.41, 5.74) is 1.91. The molecule has 1 fully saturated rings. The maximum atomic E-state index is 2.52. The van der Waals surface area contributed by atoms with Crippen LogP contribution in [-0.4, -0.2) is 0 Å². The lowest BCUT2D eigenvalue weighted by atomic mass is 9.79. The van der Waals surface area contributed by atoms with Crippen LogP contribution in [-0.2, 0) is 0 Å². The van der Waals surface area contributed by atoms with Gasteiger partial charge in [-0.3, -0.25) is 0 Å². The van der Waals surface area contributed by atoms with E-state index in [2.05, 4.69) is 37.3 Å². The van der Waals surface area contributed by atoms with Crippen molar-refractivity contribution in [3.8, 4) is 0 Å². The van der Waals surface area contributed by atoms with E-state index in [1.165, 1.54) is 70.8 Å². The summed E-state index contributed by atoms with van der Waals surface area (Å²) >= 11 is 0. The molecule has 0 unspecified atom stereocenters. The Morgan fingerprint density at radius 3 is 2.21 bits per heavy atom. The molecule has 2 aliphatic rings. The second-order valence-electron chi connectivity index (χ2n) is 6.38. The quantitative estimate of drug-likeness (QED) is 0.570. The Balaban J connectivity index is 1.80. The minimum absolute atomic E-state index is 0.449. The van der Waals surface area contributed by atoms with Crippen molar-refractivity contribution >= 4 is 20.0 Å². The second-order valence-corrected chi connectivity index (χ2v) is 7.57. The zero-order valence-corrected chi connectivity index (χ0v) is 12.9. The van der Waals surface area contributed by atoms with Crippen molar-refractivity contribution in [2.45, 2.75) is 58.3 Å². The van der Waals surface area contributed by atoms with Crippen LogP contribution in [0.25, 0.3) is 6.08 Å². The number of benzene rings is 1. The molecule has 0 spiro atoms. The van der Waals surface area contributed by atoms with Crippen LogP contribution in [0.3, 0.4) is 0 Å². The molecule has 1 heteroatoms. The highest BCUT2D eigenvalue weighted by Gasteiger charge is 2.31. The average molecular weight is 271 g/mol. The van der Waals surface area contributed by atoms with Gasteiger partial charge in [0, 0.05) is 0 Å². The first-order valence-corrected chi connectivity index (χ1v) is 8.70. The molecule has 0 atom stereocenters. The molecule has 1 radical (unpaired) electrons. The van der Waals surface area contributed by atoms with Crippen LogP contribution in [0.1, 0.15) is 63.9 Å². The Morgan fingerprint density at radius 1 is 0.895 bits per heavy atom. The fourth-order valence-corrected chi connectivity index (χ4v) is 4.83. The molecule has 19 heavy (non-hydrogen) atoms. The van der Waals surface area contributed by atoms with Gasteiger partial charge < -0.3 is 0 Å². The van der Waals surface area contributed by atoms with Gasteiger partial charge in [0.15, 0.2) is 0 Å². The van der Waals surface area contributed by atoms with E-state index in [1.807, 2.05) is 0 Å². The SMILES string of the molecule is CC1(C2=Cc3ccccc3[P]2)CCCCCCCC1. The Labute approximate surface area is 119 Å². The molecule has 1 heterocycles. The Kier molecular flexibility index (Phi) is 4.08. The highest BCUT2D eigenvalue weighted by Crippen LogP contribution is 2.50. The first-order chi connectivity index (χ1) is 9.28. The summed E-state index contributed by atoms with van der Waals surface area (Å²) in [4.78, 5) is 0. The first-order valence-electron chi connectivity index (χ1n) is 7.81. The van der Waals surface area contributed by atoms with Crippen LogP contribution in [0.15, 0.2) is 29.6 Å². The minimum Gasteiger partial charge on any atom is -0.0616 e. The summed E-state index contributed by atoms with van der Waals surface area (Å²) in [6.07, 6.45) is 13.9. The van der Waals surface area contributed by atoms with Gasteiger partial charge in [-0.25, -0.2) is 0 Å². The summed E-state index contributed by atoms with van der Waals surface area (Å²) in [6, 6.07) is 8.90. The van der Waals surface area contributed by atoms with E-state index in [4.69, 9.17) is 0 Å². The molecule has 0 saturated heterocycles. The van der Waals surface area contributed by atoms with Crippen molar-refractivity contribution in [1.82, 2.24) is 0 Å². The van der Waals surface area contributed by atoms with Gasteiger partial charge in [0.05, 0.1) is 0 Å². The van der Waals surface area contributed by atoms with Gasteiger partial charge in [-0.1, -0.05) is 69.7 Å². The van der Waals surface area contributed by atoms with Crippen LogP contribution in [0.4, 0.5) is 0 Å². The maximum absolute atomic E-state index is 2.52. The van der Waals surface area contributed by atoms with Crippen LogP contribution >= 0.6 is 8.58 Å². The van der Waals surface area contributed by atoms with Gasteiger partial charge in [0.2, 0.25) is 0 Å². The molecule has 1 aromatic rings. The van der Waals surface area contributed by atoms with Crippen molar-refractivity contribution in [3.63, 3.8) is 0 Å². The lowest BCUT2D eigenvalue weighted by Gasteiger charge is -2.31. The molecule has 0 bridgehead atoms. The Morgan fingerprint density at radius 2 is 1.53 bits per heavy atom. The lowest BCUT2D eigenvalue weighted by molar-refractivity contribution is 0.337. The monoisotopic (exact) mass is 271 g/mol. The molecular formula is C18H24P. The third-order valence-corrected chi connectivity index (χ3v) is 6.35. The fourth-order valence-electron chi connectivity index (χ4n) is 3.45. The van der Waals surface area contributed by atoms with Crippen molar-refractivity contribution in [3.05, 3.63) is 35.1 Å². The maximum Gasteiger partial charge on any atom is -0.00639 e. The average Bonchev–Trinajstić information content (AvgIpc) is 2.88. The normalized spacial score (nSPS) is 24.2. The van der Waals surface area contributed by atoms with Crippen molar-refractivity contribution in [1.29, 1.82) is 0 Å². The summed E-state index contributed by atoms with van der Waals surface area (Å²) in [5.74, 6) is 0. The largest absolute Gasteiger partial charge is 0.0616 e. The molecule has 3 rings (SSSR count). The highest BCUT2D eigenvalue weighted by atomic mass is 31.1. The molecule has 1 aliphatic carbocycles. The molecule has 101 valence electrons. The third-order valence-electron chi connectivity index (χ3n) is 4.80. The van der Waals surface area contributed by atoms with Crippen molar-refractivity contribution in [2.75, 3.05) is 0 Å². The molecule has 0 N–H and O–H groups in total. The number of hydrogen-bond acceptors (Lipinski definition) is 0. The molecule has 1 saturated carbocycles. The third kappa shape index (κ3) is 2.95. The van der Waals surface area contributed by atoms with Crippen molar-refractivity contribution in [2.24, 2.45) is 5.41 Å². The number of hydrogen-bond donors (Lipinski definition) is 0. The summed E-state index contributed by atoms with van der Waals surface area (Å²) < 4.78 is 0. The van der Waals surface area contributed by atoms with Crippen LogP contribution in [0.5, 0.6) is 0 Å². The zero-order valence-electron chi connectivity index (χ0n) is 12.0. The summed E-state index contributed by atoms with van der Waals surface area (Å²) in [7, 11) is 1.48. The summed E-state index contributed by atoms with van der Waals surface area (Å²) in [6.45, 7) is 2.52. The fraction of sp³-hybridized carbons (Fsp3) is 0.556. The standard InChI is InChI=1S/C18H24P/c1-18(12-8-4-2-3-5-9-13-18)17-14-15-10-6-7-11-16(15)19-17/h6-7,10-11,14H,2-5,8-9,12-13H2,1H3. The summed E-state index contributed by atoms with van der Waals surface area (Å²) in [5, 5.41) is 3.19. The molecule has 0 amide bonds. The van der Waals surface area contributed by atoms with Gasteiger partial charge in [-0.05, 0) is 49.1 Å². The predicted molar refractivity (Wildman–Crippen MR) is 86.0 cm³/mol.